The molecular weight excluding hydrogens is 128 g/mol. The van der Waals surface area contributed by atoms with Crippen molar-refractivity contribution in [3.8, 4) is 0 Å². The molecule has 1 rings (SSSR count). The number of nitrogens with two attached hydrogens (primary N) is 1. The van der Waals surface area contributed by atoms with Crippen molar-refractivity contribution in [1.82, 2.24) is 4.90 Å². The van der Waals surface area contributed by atoms with Gasteiger partial charge in [-0.3, -0.25) is 0 Å². The van der Waals surface area contributed by atoms with Gasteiger partial charge in [0.05, 0.1) is 6.54 Å². The number of hydrogen-bond donors (Lipinski definition) is 1. The normalized spacial score (nSPS) is 20.8. The molecule has 0 amide bonds. The van der Waals surface area contributed by atoms with Crippen LogP contribution in [0.4, 0.5) is 0 Å². The molecule has 0 spiro atoms. The molecule has 0 radical (unpaired) electrons. The van der Waals surface area contributed by atoms with Crippen molar-refractivity contribution in [2.24, 2.45) is 16.2 Å². The first-order valence-corrected chi connectivity index (χ1v) is 3.72. The molecule has 0 aromatic rings. The summed E-state index contributed by atoms with van der Waals surface area (Å²) in [5.41, 5.74) is 0. The zero-order chi connectivity index (χ0) is 7.23. The SMILES string of the molecule is NN=NCCN1CCCC1. The van der Waals surface area contributed by atoms with E-state index in [0.717, 1.165) is 13.1 Å². The van der Waals surface area contributed by atoms with E-state index < -0.39 is 0 Å². The lowest BCUT2D eigenvalue weighted by Crippen LogP contribution is -2.22. The van der Waals surface area contributed by atoms with Gasteiger partial charge in [0.15, 0.2) is 0 Å². The minimum Gasteiger partial charge on any atom is -0.305 e. The molecule has 1 saturated heterocycles. The van der Waals surface area contributed by atoms with Gasteiger partial charge < -0.3 is 10.7 Å². The van der Waals surface area contributed by atoms with Gasteiger partial charge in [0.1, 0.15) is 0 Å². The molecule has 10 heavy (non-hydrogen) atoms. The van der Waals surface area contributed by atoms with Crippen molar-refractivity contribution in [2.75, 3.05) is 26.2 Å². The Labute approximate surface area is 61.1 Å². The fourth-order valence-corrected chi connectivity index (χ4v) is 1.25. The van der Waals surface area contributed by atoms with E-state index in [4.69, 9.17) is 5.84 Å². The topological polar surface area (TPSA) is 54.0 Å². The summed E-state index contributed by atoms with van der Waals surface area (Å²) in [4.78, 5) is 2.38. The zero-order valence-electron chi connectivity index (χ0n) is 6.16. The zero-order valence-corrected chi connectivity index (χ0v) is 6.16. The molecule has 1 aliphatic heterocycles. The Hall–Kier alpha value is -0.640. The average Bonchev–Trinajstić information content (AvgIpc) is 2.41. The second kappa shape index (κ2) is 4.22. The number of rotatable bonds is 3. The largest absolute Gasteiger partial charge is 0.305 e. The lowest BCUT2D eigenvalue weighted by atomic mass is 10.4. The highest BCUT2D eigenvalue weighted by atomic mass is 15.3. The molecule has 4 nitrogen and oxygen atoms in total. The fourth-order valence-electron chi connectivity index (χ4n) is 1.25. The average molecular weight is 142 g/mol. The number of nitrogens with zero attached hydrogens (tertiary/aromatic N) is 3. The van der Waals surface area contributed by atoms with Gasteiger partial charge in [-0.25, -0.2) is 0 Å². The molecule has 0 atom stereocenters. The first kappa shape index (κ1) is 7.47. The van der Waals surface area contributed by atoms with Gasteiger partial charge in [0.2, 0.25) is 0 Å². The summed E-state index contributed by atoms with van der Waals surface area (Å²) >= 11 is 0. The monoisotopic (exact) mass is 142 g/mol. The lowest BCUT2D eigenvalue weighted by molar-refractivity contribution is 0.347. The van der Waals surface area contributed by atoms with E-state index in [-0.39, 0.29) is 0 Å². The highest BCUT2D eigenvalue weighted by Gasteiger charge is 2.09. The quantitative estimate of drug-likeness (QED) is 0.352. The Balaban J connectivity index is 2.01. The van der Waals surface area contributed by atoms with Crippen molar-refractivity contribution < 1.29 is 0 Å². The highest BCUT2D eigenvalue weighted by molar-refractivity contribution is 4.65. The molecule has 1 fully saturated rings. The second-order valence-corrected chi connectivity index (χ2v) is 2.53. The van der Waals surface area contributed by atoms with E-state index in [1.165, 1.54) is 25.9 Å². The number of likely N-dealkylation sites (tertiary alicyclic amines) is 1. The molecule has 4 heteroatoms. The minimum absolute atomic E-state index is 0.747. The first-order chi connectivity index (χ1) is 4.93. The smallest absolute Gasteiger partial charge is 0.0747 e. The van der Waals surface area contributed by atoms with Crippen LogP contribution in [0.2, 0.25) is 0 Å². The molecule has 0 bridgehead atoms. The lowest BCUT2D eigenvalue weighted by Gasteiger charge is -2.10. The molecule has 1 aliphatic rings. The van der Waals surface area contributed by atoms with E-state index in [0.29, 0.717) is 0 Å². The Bertz CT molecular complexity index is 106. The Morgan fingerprint density at radius 3 is 2.60 bits per heavy atom. The van der Waals surface area contributed by atoms with Gasteiger partial charge in [-0.15, -0.1) is 0 Å². The van der Waals surface area contributed by atoms with Crippen LogP contribution in [-0.4, -0.2) is 31.1 Å². The van der Waals surface area contributed by atoms with Crippen molar-refractivity contribution in [3.05, 3.63) is 0 Å². The molecule has 1 heterocycles. The third-order valence-corrected chi connectivity index (χ3v) is 1.80. The summed E-state index contributed by atoms with van der Waals surface area (Å²) in [6.07, 6.45) is 2.67. The maximum atomic E-state index is 4.85. The summed E-state index contributed by atoms with van der Waals surface area (Å²) in [7, 11) is 0. The maximum Gasteiger partial charge on any atom is 0.0747 e. The van der Waals surface area contributed by atoms with E-state index >= 15 is 0 Å². The maximum absolute atomic E-state index is 4.85. The summed E-state index contributed by atoms with van der Waals surface area (Å²) < 4.78 is 0. The van der Waals surface area contributed by atoms with Crippen LogP contribution in [0.25, 0.3) is 0 Å². The van der Waals surface area contributed by atoms with Crippen molar-refractivity contribution in [3.63, 3.8) is 0 Å². The molecule has 0 unspecified atom stereocenters. The highest BCUT2D eigenvalue weighted by Crippen LogP contribution is 2.05. The Kier molecular flexibility index (Phi) is 3.15. The van der Waals surface area contributed by atoms with Crippen LogP contribution in [0, 0.1) is 0 Å². The number of hydrogen-bond acceptors (Lipinski definition) is 3. The molecule has 0 aromatic heterocycles. The van der Waals surface area contributed by atoms with Crippen molar-refractivity contribution >= 4 is 0 Å². The second-order valence-electron chi connectivity index (χ2n) is 2.53. The van der Waals surface area contributed by atoms with Crippen molar-refractivity contribution in [2.45, 2.75) is 12.8 Å². The molecule has 58 valence electrons. The first-order valence-electron chi connectivity index (χ1n) is 3.72. The molecule has 2 N–H and O–H groups in total. The van der Waals surface area contributed by atoms with Gasteiger partial charge in [-0.05, 0) is 25.9 Å². The molecule has 0 saturated carbocycles. The standard InChI is InChI=1S/C6H14N4/c7-9-8-3-6-10-4-1-2-5-10/h1-6H2,(H2,7,8). The van der Waals surface area contributed by atoms with Gasteiger partial charge in [-0.1, -0.05) is 5.22 Å². The van der Waals surface area contributed by atoms with E-state index in [9.17, 15) is 0 Å². The predicted molar refractivity (Wildman–Crippen MR) is 39.6 cm³/mol. The van der Waals surface area contributed by atoms with Crippen LogP contribution in [0.1, 0.15) is 12.8 Å². The van der Waals surface area contributed by atoms with Crippen LogP contribution in [0.15, 0.2) is 10.3 Å². The minimum atomic E-state index is 0.747. The van der Waals surface area contributed by atoms with E-state index in [1.807, 2.05) is 0 Å². The Morgan fingerprint density at radius 1 is 1.30 bits per heavy atom. The van der Waals surface area contributed by atoms with Crippen LogP contribution in [0.3, 0.4) is 0 Å². The molecule has 0 aliphatic carbocycles. The third kappa shape index (κ3) is 2.31. The van der Waals surface area contributed by atoms with Gasteiger partial charge in [-0.2, -0.15) is 5.11 Å². The van der Waals surface area contributed by atoms with Crippen LogP contribution in [0.5, 0.6) is 0 Å². The summed E-state index contributed by atoms with van der Waals surface area (Å²) in [6.45, 7) is 4.21. The van der Waals surface area contributed by atoms with Gasteiger partial charge in [0.25, 0.3) is 0 Å². The fraction of sp³-hybridized carbons (Fsp3) is 1.00. The van der Waals surface area contributed by atoms with Crippen LogP contribution in [-0.2, 0) is 0 Å². The molecule has 0 aromatic carbocycles. The third-order valence-electron chi connectivity index (χ3n) is 1.80. The summed E-state index contributed by atoms with van der Waals surface area (Å²) in [5, 5.41) is 6.89. The predicted octanol–water partition coefficient (Wildman–Crippen LogP) is 0.408. The Morgan fingerprint density at radius 2 is 2.00 bits per heavy atom. The molecular formula is C6H14N4. The van der Waals surface area contributed by atoms with Gasteiger partial charge >= 0.3 is 0 Å². The van der Waals surface area contributed by atoms with Crippen molar-refractivity contribution in [1.29, 1.82) is 0 Å². The summed E-state index contributed by atoms with van der Waals surface area (Å²) in [6, 6.07) is 0. The van der Waals surface area contributed by atoms with Crippen LogP contribution < -0.4 is 5.84 Å². The van der Waals surface area contributed by atoms with E-state index in [1.54, 1.807) is 0 Å². The summed E-state index contributed by atoms with van der Waals surface area (Å²) in [5.74, 6) is 4.85. The van der Waals surface area contributed by atoms with Gasteiger partial charge in [0, 0.05) is 6.54 Å². The van der Waals surface area contributed by atoms with Crippen LogP contribution >= 0.6 is 0 Å². The van der Waals surface area contributed by atoms with E-state index in [2.05, 4.69) is 15.2 Å².